The van der Waals surface area contributed by atoms with E-state index in [1.165, 1.54) is 13.8 Å². The fourth-order valence-corrected chi connectivity index (χ4v) is 3.37. The molecule has 0 spiro atoms. The zero-order chi connectivity index (χ0) is 14.1. The van der Waals surface area contributed by atoms with Gasteiger partial charge in [0.25, 0.3) is 15.9 Å². The lowest BCUT2D eigenvalue weighted by Gasteiger charge is -2.43. The lowest BCUT2D eigenvalue weighted by Crippen LogP contribution is -2.67. The summed E-state index contributed by atoms with van der Waals surface area (Å²) in [5.74, 6) is -1.17. The van der Waals surface area contributed by atoms with Crippen molar-refractivity contribution in [2.45, 2.75) is 44.8 Å². The van der Waals surface area contributed by atoms with Gasteiger partial charge in [0.05, 0.1) is 0 Å². The number of carboxylic acids is 1. The van der Waals surface area contributed by atoms with Crippen molar-refractivity contribution < 1.29 is 23.1 Å². The van der Waals surface area contributed by atoms with Gasteiger partial charge in [-0.05, 0) is 32.6 Å². The predicted octanol–water partition coefficient (Wildman–Crippen LogP) is 0.828. The Morgan fingerprint density at radius 1 is 1.39 bits per heavy atom. The molecule has 1 fully saturated rings. The Labute approximate surface area is 107 Å². The smallest absolute Gasteiger partial charge is 0.303 e. The second kappa shape index (κ2) is 4.87. The second-order valence-corrected chi connectivity index (χ2v) is 7.63. The Morgan fingerprint density at radius 2 is 1.94 bits per heavy atom. The van der Waals surface area contributed by atoms with Crippen molar-refractivity contribution in [2.24, 2.45) is 5.92 Å². The molecule has 0 aromatic heterocycles. The van der Waals surface area contributed by atoms with E-state index in [1.54, 1.807) is 0 Å². The van der Waals surface area contributed by atoms with E-state index in [4.69, 9.17) is 5.11 Å². The number of carbonyl (C=O) groups excluding carboxylic acids is 1. The van der Waals surface area contributed by atoms with Crippen LogP contribution in [0.25, 0.3) is 0 Å². The third-order valence-corrected chi connectivity index (χ3v) is 5.75. The minimum Gasteiger partial charge on any atom is -0.481 e. The fourth-order valence-electron chi connectivity index (χ4n) is 1.83. The number of hydrogen-bond acceptors (Lipinski definition) is 4. The van der Waals surface area contributed by atoms with Gasteiger partial charge in [0.15, 0.2) is 4.75 Å². The summed E-state index contributed by atoms with van der Waals surface area (Å²) in [6.07, 6.45) is 1.04. The Bertz CT molecular complexity index is 454. The van der Waals surface area contributed by atoms with Crippen LogP contribution in [0.2, 0.25) is 0 Å². The molecule has 1 amide bonds. The molecule has 1 N–H and O–H groups in total. The number of rotatable bonds is 6. The van der Waals surface area contributed by atoms with Gasteiger partial charge < -0.3 is 5.11 Å². The molecular formula is C11H19NO5S. The summed E-state index contributed by atoms with van der Waals surface area (Å²) < 4.78 is 23.1. The molecule has 1 heterocycles. The third-order valence-electron chi connectivity index (χ3n) is 3.35. The largest absolute Gasteiger partial charge is 0.481 e. The van der Waals surface area contributed by atoms with Gasteiger partial charge in [-0.25, -0.2) is 12.7 Å². The van der Waals surface area contributed by atoms with Gasteiger partial charge in [-0.2, -0.15) is 0 Å². The molecule has 1 aliphatic heterocycles. The van der Waals surface area contributed by atoms with Crippen molar-refractivity contribution in [1.29, 1.82) is 0 Å². The summed E-state index contributed by atoms with van der Waals surface area (Å²) in [4.78, 5) is 22.0. The SMILES string of the molecule is CC(CCC(=O)O)CCN1C(=O)C(C)(C)S1(=O)=O. The quantitative estimate of drug-likeness (QED) is 0.776. The zero-order valence-corrected chi connectivity index (χ0v) is 11.7. The predicted molar refractivity (Wildman–Crippen MR) is 65.4 cm³/mol. The highest BCUT2D eigenvalue weighted by Gasteiger charge is 2.59. The molecule has 0 saturated carbocycles. The topological polar surface area (TPSA) is 91.8 Å². The highest BCUT2D eigenvalue weighted by Crippen LogP contribution is 2.35. The first kappa shape index (κ1) is 14.9. The van der Waals surface area contributed by atoms with Crippen LogP contribution in [0.15, 0.2) is 0 Å². The second-order valence-electron chi connectivity index (χ2n) is 5.22. The maximum absolute atomic E-state index is 11.8. The molecule has 0 aromatic carbocycles. The molecule has 1 rings (SSSR count). The van der Waals surface area contributed by atoms with E-state index >= 15 is 0 Å². The first-order valence-electron chi connectivity index (χ1n) is 5.89. The molecule has 0 aliphatic carbocycles. The summed E-state index contributed by atoms with van der Waals surface area (Å²) in [5.41, 5.74) is 0. The van der Waals surface area contributed by atoms with Gasteiger partial charge in [-0.1, -0.05) is 6.92 Å². The molecule has 18 heavy (non-hydrogen) atoms. The number of aliphatic carboxylic acids is 1. The van der Waals surface area contributed by atoms with E-state index in [-0.39, 0.29) is 24.8 Å². The lowest BCUT2D eigenvalue weighted by atomic mass is 10.0. The van der Waals surface area contributed by atoms with Crippen LogP contribution in [0, 0.1) is 5.92 Å². The summed E-state index contributed by atoms with van der Waals surface area (Å²) in [5, 5.41) is 8.53. The monoisotopic (exact) mass is 277 g/mol. The average Bonchev–Trinajstić information content (AvgIpc) is 2.25. The van der Waals surface area contributed by atoms with Crippen LogP contribution in [-0.4, -0.2) is 41.0 Å². The van der Waals surface area contributed by atoms with Crippen LogP contribution in [-0.2, 0) is 19.6 Å². The van der Waals surface area contributed by atoms with Gasteiger partial charge in [-0.3, -0.25) is 9.59 Å². The normalized spacial score (nSPS) is 22.4. The summed E-state index contributed by atoms with van der Waals surface area (Å²) in [6.45, 7) is 4.79. The molecule has 1 saturated heterocycles. The molecular weight excluding hydrogens is 258 g/mol. The van der Waals surface area contributed by atoms with Crippen LogP contribution in [0.3, 0.4) is 0 Å². The summed E-state index contributed by atoms with van der Waals surface area (Å²) in [6, 6.07) is 0. The molecule has 0 radical (unpaired) electrons. The Kier molecular flexibility index (Phi) is 4.05. The molecule has 0 aromatic rings. The highest BCUT2D eigenvalue weighted by atomic mass is 32.2. The van der Waals surface area contributed by atoms with Gasteiger partial charge in [0.2, 0.25) is 0 Å². The zero-order valence-electron chi connectivity index (χ0n) is 10.8. The maximum Gasteiger partial charge on any atom is 0.303 e. The van der Waals surface area contributed by atoms with Crippen molar-refractivity contribution in [3.63, 3.8) is 0 Å². The highest BCUT2D eigenvalue weighted by molar-refractivity contribution is 7.94. The van der Waals surface area contributed by atoms with E-state index < -0.39 is 20.7 Å². The molecule has 1 atom stereocenters. The Morgan fingerprint density at radius 3 is 2.39 bits per heavy atom. The summed E-state index contributed by atoms with van der Waals surface area (Å²) >= 11 is 0. The molecule has 1 unspecified atom stereocenters. The van der Waals surface area contributed by atoms with Gasteiger partial charge in [0.1, 0.15) is 0 Å². The molecule has 7 heteroatoms. The van der Waals surface area contributed by atoms with E-state index in [1.807, 2.05) is 6.92 Å². The third kappa shape index (κ3) is 2.50. The van der Waals surface area contributed by atoms with E-state index in [9.17, 15) is 18.0 Å². The van der Waals surface area contributed by atoms with Gasteiger partial charge in [-0.15, -0.1) is 0 Å². The van der Waals surface area contributed by atoms with Crippen LogP contribution in [0.4, 0.5) is 0 Å². The number of carbonyl (C=O) groups is 2. The first-order valence-corrected chi connectivity index (χ1v) is 7.33. The van der Waals surface area contributed by atoms with Crippen molar-refractivity contribution in [3.8, 4) is 0 Å². The van der Waals surface area contributed by atoms with Crippen molar-refractivity contribution in [2.75, 3.05) is 6.54 Å². The molecule has 0 bridgehead atoms. The van der Waals surface area contributed by atoms with Crippen LogP contribution < -0.4 is 0 Å². The number of nitrogens with zero attached hydrogens (tertiary/aromatic N) is 1. The van der Waals surface area contributed by atoms with Crippen LogP contribution in [0.1, 0.15) is 40.0 Å². The van der Waals surface area contributed by atoms with E-state index in [2.05, 4.69) is 0 Å². The minimum atomic E-state index is -3.51. The van der Waals surface area contributed by atoms with Crippen LogP contribution >= 0.6 is 0 Å². The standard InChI is InChI=1S/C11H19NO5S/c1-8(4-5-9(13)14)6-7-12-10(15)11(2,3)18(12,16)17/h8H,4-7H2,1-3H3,(H,13,14). The van der Waals surface area contributed by atoms with E-state index in [0.717, 1.165) is 4.31 Å². The molecule has 6 nitrogen and oxygen atoms in total. The maximum atomic E-state index is 11.8. The van der Waals surface area contributed by atoms with Crippen molar-refractivity contribution in [1.82, 2.24) is 4.31 Å². The lowest BCUT2D eigenvalue weighted by molar-refractivity contribution is -0.137. The Balaban J connectivity index is 2.47. The van der Waals surface area contributed by atoms with E-state index in [0.29, 0.717) is 12.8 Å². The molecule has 1 aliphatic rings. The first-order chi connectivity index (χ1) is 8.10. The van der Waals surface area contributed by atoms with Crippen LogP contribution in [0.5, 0.6) is 0 Å². The minimum absolute atomic E-state index is 0.0629. The van der Waals surface area contributed by atoms with Crippen molar-refractivity contribution in [3.05, 3.63) is 0 Å². The van der Waals surface area contributed by atoms with Crippen molar-refractivity contribution >= 4 is 21.9 Å². The number of sulfonamides is 1. The number of carboxylic acid groups (broad SMARTS) is 1. The van der Waals surface area contributed by atoms with Gasteiger partial charge >= 0.3 is 5.97 Å². The fraction of sp³-hybridized carbons (Fsp3) is 0.818. The molecule has 104 valence electrons. The Hall–Kier alpha value is -1.11. The average molecular weight is 277 g/mol. The number of amides is 1. The van der Waals surface area contributed by atoms with Gasteiger partial charge in [0, 0.05) is 13.0 Å². The number of hydrogen-bond donors (Lipinski definition) is 1. The summed E-state index contributed by atoms with van der Waals surface area (Å²) in [7, 11) is -3.51.